The number of aromatic hydroxyl groups is 1. The average molecular weight is 248 g/mol. The fourth-order valence-electron chi connectivity index (χ4n) is 1.87. The van der Waals surface area contributed by atoms with E-state index in [0.29, 0.717) is 10.8 Å². The van der Waals surface area contributed by atoms with Gasteiger partial charge >= 0.3 is 0 Å². The van der Waals surface area contributed by atoms with E-state index in [0.717, 1.165) is 0 Å². The first kappa shape index (κ1) is 12.3. The molecule has 18 heavy (non-hydrogen) atoms. The zero-order chi connectivity index (χ0) is 13.3. The van der Waals surface area contributed by atoms with Crippen molar-refractivity contribution in [3.05, 3.63) is 41.1 Å². The van der Waals surface area contributed by atoms with E-state index in [1.165, 1.54) is 13.0 Å². The molecular weight excluding hydrogens is 236 g/mol. The van der Waals surface area contributed by atoms with E-state index in [1.807, 2.05) is 0 Å². The van der Waals surface area contributed by atoms with E-state index in [-0.39, 0.29) is 22.7 Å². The largest absolute Gasteiger partial charge is 0.595 e. The number of phenolic OH excluding ortho intramolecular Hbond substituents is 1. The van der Waals surface area contributed by atoms with E-state index >= 15 is 0 Å². The lowest BCUT2D eigenvalue weighted by Gasteiger charge is -2.16. The van der Waals surface area contributed by atoms with Crippen molar-refractivity contribution in [2.75, 3.05) is 0 Å². The van der Waals surface area contributed by atoms with E-state index in [4.69, 9.17) is 10.4 Å². The fourth-order valence-corrected chi connectivity index (χ4v) is 1.87. The summed E-state index contributed by atoms with van der Waals surface area (Å²) in [5.74, 6) is -0.0918. The minimum absolute atomic E-state index is 0.0569. The lowest BCUT2D eigenvalue weighted by atomic mass is 10.0. The van der Waals surface area contributed by atoms with Gasteiger partial charge in [-0.25, -0.2) is 5.21 Å². The van der Waals surface area contributed by atoms with Crippen molar-refractivity contribution in [1.82, 2.24) is 0 Å². The van der Waals surface area contributed by atoms with Crippen LogP contribution in [-0.4, -0.2) is 21.2 Å². The Morgan fingerprint density at radius 2 is 1.89 bits per heavy atom. The number of benzene rings is 2. The van der Waals surface area contributed by atoms with Gasteiger partial charge in [-0.05, 0) is 13.0 Å². The third kappa shape index (κ3) is 1.88. The zero-order valence-corrected chi connectivity index (χ0v) is 9.58. The van der Waals surface area contributed by atoms with E-state index < -0.39 is 5.23 Å². The van der Waals surface area contributed by atoms with Crippen molar-refractivity contribution in [1.29, 1.82) is 0 Å². The number of oxime groups is 1. The van der Waals surface area contributed by atoms with Crippen LogP contribution in [0.5, 0.6) is 5.75 Å². The molecule has 0 aromatic heterocycles. The Morgan fingerprint density at radius 1 is 1.28 bits per heavy atom. The molecule has 0 radical (unpaired) electrons. The van der Waals surface area contributed by atoms with Crippen LogP contribution in [0.25, 0.3) is 10.8 Å². The van der Waals surface area contributed by atoms with Gasteiger partial charge in [0.25, 0.3) is 0 Å². The van der Waals surface area contributed by atoms with Crippen LogP contribution in [0.4, 0.5) is 5.69 Å². The molecule has 1 unspecified atom stereocenters. The summed E-state index contributed by atoms with van der Waals surface area (Å²) in [6, 6.07) is 7.93. The number of quaternary nitrogens is 1. The molecule has 0 aliphatic carbocycles. The minimum atomic E-state index is -1.10. The van der Waals surface area contributed by atoms with Crippen LogP contribution in [0.1, 0.15) is 12.5 Å². The summed E-state index contributed by atoms with van der Waals surface area (Å²) < 4.78 is 0. The molecule has 0 fully saturated rings. The predicted octanol–water partition coefficient (Wildman–Crippen LogP) is 1.15. The molecule has 0 saturated carbocycles. The summed E-state index contributed by atoms with van der Waals surface area (Å²) in [6.45, 7) is 1.48. The summed E-state index contributed by atoms with van der Waals surface area (Å²) in [5, 5.41) is 41.9. The maximum Gasteiger partial charge on any atom is 0.172 e. The smallest absolute Gasteiger partial charge is 0.172 e. The Kier molecular flexibility index (Phi) is 3.15. The standard InChI is InChI=1S/C12H12N2O4/c1-7(13-16)10-6-11(14(17)18)8-4-2-3-5-9(8)12(10)15/h2-6,14-17H,1H3. The van der Waals surface area contributed by atoms with Crippen LogP contribution in [0.3, 0.4) is 0 Å². The Labute approximate surface area is 103 Å². The monoisotopic (exact) mass is 248 g/mol. The summed E-state index contributed by atoms with van der Waals surface area (Å²) in [5.41, 5.74) is 0.413. The number of rotatable bonds is 2. The van der Waals surface area contributed by atoms with Crippen molar-refractivity contribution in [3.63, 3.8) is 0 Å². The molecule has 2 rings (SSSR count). The molecule has 2 aromatic rings. The third-order valence-corrected chi connectivity index (χ3v) is 2.79. The summed E-state index contributed by atoms with van der Waals surface area (Å²) in [6.07, 6.45) is 0. The van der Waals surface area contributed by atoms with Crippen LogP contribution in [-0.2, 0) is 0 Å². The molecule has 6 nitrogen and oxygen atoms in total. The van der Waals surface area contributed by atoms with Crippen molar-refractivity contribution >= 4 is 22.2 Å². The van der Waals surface area contributed by atoms with Crippen LogP contribution in [0.2, 0.25) is 0 Å². The molecule has 0 amide bonds. The Hall–Kier alpha value is -2.15. The minimum Gasteiger partial charge on any atom is -0.595 e. The fraction of sp³-hybridized carbons (Fsp3) is 0.0833. The van der Waals surface area contributed by atoms with Crippen molar-refractivity contribution in [3.8, 4) is 5.75 Å². The van der Waals surface area contributed by atoms with Crippen LogP contribution >= 0.6 is 0 Å². The lowest BCUT2D eigenvalue weighted by Crippen LogP contribution is -2.99. The quantitative estimate of drug-likeness (QED) is 0.277. The first-order chi connectivity index (χ1) is 8.56. The van der Waals surface area contributed by atoms with E-state index in [2.05, 4.69) is 5.16 Å². The van der Waals surface area contributed by atoms with Crippen molar-refractivity contribution < 1.29 is 20.7 Å². The molecular formula is C12H12N2O4. The molecule has 2 aromatic carbocycles. The van der Waals surface area contributed by atoms with Crippen LogP contribution in [0, 0.1) is 5.21 Å². The molecule has 0 spiro atoms. The zero-order valence-electron chi connectivity index (χ0n) is 9.58. The second-order valence-electron chi connectivity index (χ2n) is 3.86. The van der Waals surface area contributed by atoms with Gasteiger partial charge in [-0.15, -0.1) is 0 Å². The molecule has 0 heterocycles. The maximum absolute atomic E-state index is 11.2. The molecule has 0 aliphatic rings. The van der Waals surface area contributed by atoms with Crippen LogP contribution in [0.15, 0.2) is 35.5 Å². The van der Waals surface area contributed by atoms with Gasteiger partial charge in [0, 0.05) is 22.4 Å². The number of nitrogens with zero attached hydrogens (tertiary/aromatic N) is 1. The first-order valence-electron chi connectivity index (χ1n) is 5.23. The average Bonchev–Trinajstić information content (AvgIpc) is 2.38. The van der Waals surface area contributed by atoms with Crippen molar-refractivity contribution in [2.24, 2.45) is 5.16 Å². The van der Waals surface area contributed by atoms with E-state index in [1.54, 1.807) is 24.3 Å². The van der Waals surface area contributed by atoms with Gasteiger partial charge in [0.2, 0.25) is 0 Å². The van der Waals surface area contributed by atoms with Gasteiger partial charge in [-0.3, -0.25) is 0 Å². The Bertz CT molecular complexity index is 623. The molecule has 0 aliphatic heterocycles. The number of hydrogen-bond acceptors (Lipinski definition) is 5. The topological polar surface area (TPSA) is 101 Å². The molecule has 94 valence electrons. The highest BCUT2D eigenvalue weighted by Gasteiger charge is 2.17. The van der Waals surface area contributed by atoms with Gasteiger partial charge in [-0.2, -0.15) is 5.23 Å². The van der Waals surface area contributed by atoms with Gasteiger partial charge in [0.1, 0.15) is 5.75 Å². The number of hydrogen-bond donors (Lipinski definition) is 4. The van der Waals surface area contributed by atoms with Gasteiger partial charge in [0.15, 0.2) is 5.69 Å². The summed E-state index contributed by atoms with van der Waals surface area (Å²) >= 11 is 0. The molecule has 6 heteroatoms. The molecule has 1 atom stereocenters. The van der Waals surface area contributed by atoms with Crippen LogP contribution < -0.4 is 5.23 Å². The molecule has 0 saturated heterocycles. The molecule has 0 bridgehead atoms. The lowest BCUT2D eigenvalue weighted by molar-refractivity contribution is -0.990. The van der Waals surface area contributed by atoms with Gasteiger partial charge in [0.05, 0.1) is 5.71 Å². The Balaban J connectivity index is 2.87. The van der Waals surface area contributed by atoms with Crippen molar-refractivity contribution in [2.45, 2.75) is 6.92 Å². The molecule has 4 N–H and O–H groups in total. The number of fused-ring (bicyclic) bond motifs is 1. The van der Waals surface area contributed by atoms with Gasteiger partial charge in [-0.1, -0.05) is 23.4 Å². The highest BCUT2D eigenvalue weighted by Crippen LogP contribution is 2.33. The normalized spacial score (nSPS) is 13.8. The predicted molar refractivity (Wildman–Crippen MR) is 65.4 cm³/mol. The SMILES string of the molecule is CC(=NO)c1cc([NH+]([O-])O)c2ccccc2c1O. The van der Waals surface area contributed by atoms with Gasteiger partial charge < -0.3 is 15.5 Å². The number of phenols is 1. The first-order valence-corrected chi connectivity index (χ1v) is 5.23. The Morgan fingerprint density at radius 3 is 2.44 bits per heavy atom. The summed E-state index contributed by atoms with van der Waals surface area (Å²) in [7, 11) is 0. The number of nitrogens with one attached hydrogen (secondary N) is 1. The highest BCUT2D eigenvalue weighted by molar-refractivity contribution is 6.08. The van der Waals surface area contributed by atoms with E-state index in [9.17, 15) is 10.3 Å². The second kappa shape index (κ2) is 4.61. The second-order valence-corrected chi connectivity index (χ2v) is 3.86. The highest BCUT2D eigenvalue weighted by atomic mass is 16.8. The summed E-state index contributed by atoms with van der Waals surface area (Å²) in [4.78, 5) is 0. The maximum atomic E-state index is 11.2. The third-order valence-electron chi connectivity index (χ3n) is 2.79.